The summed E-state index contributed by atoms with van der Waals surface area (Å²) in [5.74, 6) is 0.156. The zero-order valence-corrected chi connectivity index (χ0v) is 12.7. The summed E-state index contributed by atoms with van der Waals surface area (Å²) in [6.45, 7) is 0. The van der Waals surface area contributed by atoms with Gasteiger partial charge in [0.1, 0.15) is 0 Å². The molecule has 104 valence electrons. The first kappa shape index (κ1) is 14.5. The molecular weight excluding hydrogens is 304 g/mol. The molecule has 1 aromatic carbocycles. The lowest BCUT2D eigenvalue weighted by Gasteiger charge is -2.26. The molecule has 3 nitrogen and oxygen atoms in total. The molecule has 0 saturated heterocycles. The van der Waals surface area contributed by atoms with Crippen LogP contribution in [0.1, 0.15) is 37.7 Å². The summed E-state index contributed by atoms with van der Waals surface area (Å²) in [5, 5.41) is 3.12. The van der Waals surface area contributed by atoms with Gasteiger partial charge in [-0.05, 0) is 49.8 Å². The number of benzene rings is 1. The molecule has 0 unspecified atom stereocenters. The number of aryl methyl sites for hydroxylation is 1. The third-order valence-electron chi connectivity index (χ3n) is 3.69. The summed E-state index contributed by atoms with van der Waals surface area (Å²) in [7, 11) is 0. The van der Waals surface area contributed by atoms with E-state index in [4.69, 9.17) is 5.73 Å². The van der Waals surface area contributed by atoms with Gasteiger partial charge >= 0.3 is 0 Å². The van der Waals surface area contributed by atoms with Crippen molar-refractivity contribution in [1.29, 1.82) is 0 Å². The topological polar surface area (TPSA) is 55.1 Å². The smallest absolute Gasteiger partial charge is 0.220 e. The maximum Gasteiger partial charge on any atom is 0.220 e. The highest BCUT2D eigenvalue weighted by molar-refractivity contribution is 9.10. The molecule has 0 aromatic heterocycles. The molecule has 19 heavy (non-hydrogen) atoms. The Bertz CT molecular complexity index is 411. The number of hydrogen-bond donors (Lipinski definition) is 2. The van der Waals surface area contributed by atoms with Crippen LogP contribution in [0, 0.1) is 0 Å². The SMILES string of the molecule is NC1CCC(NC(=O)CCc2ccc(Br)cc2)CC1. The number of amides is 1. The molecule has 1 aliphatic rings. The van der Waals surface area contributed by atoms with E-state index in [1.165, 1.54) is 5.56 Å². The average molecular weight is 325 g/mol. The van der Waals surface area contributed by atoms with Crippen molar-refractivity contribution in [2.24, 2.45) is 5.73 Å². The zero-order valence-electron chi connectivity index (χ0n) is 11.1. The highest BCUT2D eigenvalue weighted by Crippen LogP contribution is 2.17. The predicted molar refractivity (Wildman–Crippen MR) is 80.8 cm³/mol. The number of nitrogens with one attached hydrogen (secondary N) is 1. The van der Waals surface area contributed by atoms with Crippen molar-refractivity contribution in [2.75, 3.05) is 0 Å². The second-order valence-electron chi connectivity index (χ2n) is 5.31. The lowest BCUT2D eigenvalue weighted by atomic mass is 9.92. The van der Waals surface area contributed by atoms with Gasteiger partial charge in [-0.3, -0.25) is 4.79 Å². The number of carbonyl (C=O) groups is 1. The van der Waals surface area contributed by atoms with E-state index < -0.39 is 0 Å². The Labute approximate surface area is 123 Å². The number of halogens is 1. The summed E-state index contributed by atoms with van der Waals surface area (Å²) in [6, 6.07) is 8.78. The van der Waals surface area contributed by atoms with Crippen molar-refractivity contribution in [1.82, 2.24) is 5.32 Å². The minimum atomic E-state index is 0.156. The first-order valence-electron chi connectivity index (χ1n) is 6.93. The summed E-state index contributed by atoms with van der Waals surface area (Å²) >= 11 is 3.41. The minimum Gasteiger partial charge on any atom is -0.353 e. The number of rotatable bonds is 4. The van der Waals surface area contributed by atoms with Gasteiger partial charge in [-0.1, -0.05) is 28.1 Å². The Morgan fingerprint density at radius 2 is 1.84 bits per heavy atom. The Hall–Kier alpha value is -0.870. The molecule has 1 saturated carbocycles. The summed E-state index contributed by atoms with van der Waals surface area (Å²) < 4.78 is 1.07. The van der Waals surface area contributed by atoms with Crippen LogP contribution in [0.2, 0.25) is 0 Å². The van der Waals surface area contributed by atoms with E-state index in [-0.39, 0.29) is 5.91 Å². The molecule has 1 aliphatic carbocycles. The molecule has 0 heterocycles. The van der Waals surface area contributed by atoms with E-state index in [1.54, 1.807) is 0 Å². The van der Waals surface area contributed by atoms with Crippen LogP contribution >= 0.6 is 15.9 Å². The highest BCUT2D eigenvalue weighted by Gasteiger charge is 2.19. The molecule has 4 heteroatoms. The molecular formula is C15H21BrN2O. The van der Waals surface area contributed by atoms with Crippen LogP contribution in [0.25, 0.3) is 0 Å². The first-order valence-corrected chi connectivity index (χ1v) is 7.72. The first-order chi connectivity index (χ1) is 9.13. The van der Waals surface area contributed by atoms with Crippen LogP contribution in [0.3, 0.4) is 0 Å². The minimum absolute atomic E-state index is 0.156. The van der Waals surface area contributed by atoms with E-state index in [9.17, 15) is 4.79 Å². The fourth-order valence-corrected chi connectivity index (χ4v) is 2.74. The second-order valence-corrected chi connectivity index (χ2v) is 6.22. The van der Waals surface area contributed by atoms with Crippen molar-refractivity contribution in [3.63, 3.8) is 0 Å². The zero-order chi connectivity index (χ0) is 13.7. The second kappa shape index (κ2) is 7.06. The van der Waals surface area contributed by atoms with Gasteiger partial charge in [-0.15, -0.1) is 0 Å². The van der Waals surface area contributed by atoms with Gasteiger partial charge in [0.2, 0.25) is 5.91 Å². The van der Waals surface area contributed by atoms with E-state index in [2.05, 4.69) is 33.4 Å². The van der Waals surface area contributed by atoms with E-state index in [1.807, 2.05) is 12.1 Å². The van der Waals surface area contributed by atoms with E-state index >= 15 is 0 Å². The standard InChI is InChI=1S/C15H21BrN2O/c16-12-4-1-11(2-5-12)3-10-15(19)18-14-8-6-13(17)7-9-14/h1-2,4-5,13-14H,3,6-10,17H2,(H,18,19). The Kier molecular flexibility index (Phi) is 5.40. The van der Waals surface area contributed by atoms with Gasteiger partial charge in [0.15, 0.2) is 0 Å². The largest absolute Gasteiger partial charge is 0.353 e. The molecule has 0 spiro atoms. The van der Waals surface area contributed by atoms with Gasteiger partial charge in [-0.2, -0.15) is 0 Å². The third-order valence-corrected chi connectivity index (χ3v) is 4.22. The van der Waals surface area contributed by atoms with Crippen LogP contribution in [-0.4, -0.2) is 18.0 Å². The molecule has 2 rings (SSSR count). The van der Waals surface area contributed by atoms with E-state index in [0.717, 1.165) is 36.6 Å². The average Bonchev–Trinajstić information content (AvgIpc) is 2.41. The fourth-order valence-electron chi connectivity index (χ4n) is 2.47. The van der Waals surface area contributed by atoms with Crippen LogP contribution in [0.4, 0.5) is 0 Å². The third kappa shape index (κ3) is 4.96. The summed E-state index contributed by atoms with van der Waals surface area (Å²) in [6.07, 6.45) is 5.45. The Balaban J connectivity index is 1.71. The highest BCUT2D eigenvalue weighted by atomic mass is 79.9. The van der Waals surface area contributed by atoms with Crippen LogP contribution in [-0.2, 0) is 11.2 Å². The normalized spacial score (nSPS) is 23.1. The molecule has 0 atom stereocenters. The number of hydrogen-bond acceptors (Lipinski definition) is 2. The maximum atomic E-state index is 11.9. The van der Waals surface area contributed by atoms with Crippen LogP contribution in [0.5, 0.6) is 0 Å². The van der Waals surface area contributed by atoms with Gasteiger partial charge in [0.05, 0.1) is 0 Å². The molecule has 3 N–H and O–H groups in total. The quantitative estimate of drug-likeness (QED) is 0.894. The van der Waals surface area contributed by atoms with Gasteiger partial charge in [0, 0.05) is 23.0 Å². The summed E-state index contributed by atoms with van der Waals surface area (Å²) in [4.78, 5) is 11.9. The Morgan fingerprint density at radius 1 is 1.21 bits per heavy atom. The molecule has 0 bridgehead atoms. The van der Waals surface area contributed by atoms with Gasteiger partial charge < -0.3 is 11.1 Å². The number of nitrogens with two attached hydrogens (primary N) is 1. The molecule has 1 amide bonds. The van der Waals surface area contributed by atoms with Crippen molar-refractivity contribution < 1.29 is 4.79 Å². The Morgan fingerprint density at radius 3 is 2.47 bits per heavy atom. The molecule has 1 fully saturated rings. The van der Waals surface area contributed by atoms with Gasteiger partial charge in [0.25, 0.3) is 0 Å². The van der Waals surface area contributed by atoms with Crippen molar-refractivity contribution in [2.45, 2.75) is 50.6 Å². The van der Waals surface area contributed by atoms with E-state index in [0.29, 0.717) is 18.5 Å². The molecule has 1 aromatic rings. The van der Waals surface area contributed by atoms with Crippen molar-refractivity contribution in [3.8, 4) is 0 Å². The lowest BCUT2D eigenvalue weighted by molar-refractivity contribution is -0.122. The van der Waals surface area contributed by atoms with Crippen molar-refractivity contribution >= 4 is 21.8 Å². The summed E-state index contributed by atoms with van der Waals surface area (Å²) in [5.41, 5.74) is 7.06. The monoisotopic (exact) mass is 324 g/mol. The fraction of sp³-hybridized carbons (Fsp3) is 0.533. The lowest BCUT2D eigenvalue weighted by Crippen LogP contribution is -2.40. The number of carbonyl (C=O) groups excluding carboxylic acids is 1. The van der Waals surface area contributed by atoms with Crippen molar-refractivity contribution in [3.05, 3.63) is 34.3 Å². The molecule has 0 radical (unpaired) electrons. The van der Waals surface area contributed by atoms with Crippen LogP contribution < -0.4 is 11.1 Å². The predicted octanol–water partition coefficient (Wildman–Crippen LogP) is 2.77. The maximum absolute atomic E-state index is 11.9. The molecule has 0 aliphatic heterocycles. The van der Waals surface area contributed by atoms with Crippen LogP contribution in [0.15, 0.2) is 28.7 Å². The van der Waals surface area contributed by atoms with Gasteiger partial charge in [-0.25, -0.2) is 0 Å².